The van der Waals surface area contributed by atoms with Gasteiger partial charge in [0.15, 0.2) is 5.13 Å². The lowest BCUT2D eigenvalue weighted by molar-refractivity contribution is -0.128. The van der Waals surface area contributed by atoms with Gasteiger partial charge in [0.25, 0.3) is 0 Å². The molecule has 2 aromatic heterocycles. The summed E-state index contributed by atoms with van der Waals surface area (Å²) in [6, 6.07) is 5.60. The summed E-state index contributed by atoms with van der Waals surface area (Å²) >= 11 is 1.43. The summed E-state index contributed by atoms with van der Waals surface area (Å²) in [4.78, 5) is 35.3. The van der Waals surface area contributed by atoms with Crippen LogP contribution in [0, 0.1) is 12.8 Å². The van der Waals surface area contributed by atoms with Crippen LogP contribution in [0.5, 0.6) is 0 Å². The first-order valence-corrected chi connectivity index (χ1v) is 7.84. The Bertz CT molecular complexity index is 686. The van der Waals surface area contributed by atoms with Gasteiger partial charge in [-0.25, -0.2) is 4.98 Å². The van der Waals surface area contributed by atoms with E-state index in [0.717, 1.165) is 10.6 Å². The molecule has 0 aromatic carbocycles. The maximum atomic E-state index is 12.2. The molecule has 0 unspecified atom stereocenters. The molecule has 1 aliphatic heterocycles. The Morgan fingerprint density at radius 3 is 3.00 bits per heavy atom. The van der Waals surface area contributed by atoms with Crippen molar-refractivity contribution in [1.29, 1.82) is 0 Å². The predicted octanol–water partition coefficient (Wildman–Crippen LogP) is 1.83. The molecule has 3 heterocycles. The van der Waals surface area contributed by atoms with Gasteiger partial charge in [0.1, 0.15) is 0 Å². The summed E-state index contributed by atoms with van der Waals surface area (Å²) in [6.45, 7) is 2.80. The van der Waals surface area contributed by atoms with Crippen LogP contribution in [-0.2, 0) is 16.1 Å². The lowest BCUT2D eigenvalue weighted by Gasteiger charge is -2.15. The second-order valence-corrected chi connectivity index (χ2v) is 6.50. The highest BCUT2D eigenvalue weighted by Gasteiger charge is 2.34. The van der Waals surface area contributed by atoms with E-state index in [4.69, 9.17) is 0 Å². The minimum Gasteiger partial charge on any atom is -0.336 e. The first-order valence-electron chi connectivity index (χ1n) is 7.03. The molecule has 22 heavy (non-hydrogen) atoms. The number of anilines is 1. The molecule has 1 atom stereocenters. The fourth-order valence-corrected chi connectivity index (χ4v) is 3.08. The second kappa shape index (κ2) is 6.23. The number of amides is 2. The zero-order valence-corrected chi connectivity index (χ0v) is 13.0. The lowest BCUT2D eigenvalue weighted by atomic mass is 10.1. The van der Waals surface area contributed by atoms with Gasteiger partial charge in [0, 0.05) is 30.2 Å². The number of carbonyl (C=O) groups is 2. The van der Waals surface area contributed by atoms with Crippen LogP contribution in [0.25, 0.3) is 0 Å². The SMILES string of the molecule is Cc1cnc(NC(=O)[C@@H]2CC(=O)N(Cc3ccccn3)C2)s1. The molecule has 1 saturated heterocycles. The molecular weight excluding hydrogens is 300 g/mol. The number of thiazole rings is 1. The molecule has 0 aliphatic carbocycles. The van der Waals surface area contributed by atoms with Gasteiger partial charge in [-0.2, -0.15) is 0 Å². The fourth-order valence-electron chi connectivity index (χ4n) is 2.41. The molecule has 0 spiro atoms. The Labute approximate surface area is 132 Å². The van der Waals surface area contributed by atoms with Crippen LogP contribution < -0.4 is 5.32 Å². The molecular formula is C15H16N4O2S. The molecule has 2 aromatic rings. The maximum Gasteiger partial charge on any atom is 0.231 e. The van der Waals surface area contributed by atoms with E-state index in [1.807, 2.05) is 25.1 Å². The summed E-state index contributed by atoms with van der Waals surface area (Å²) in [7, 11) is 0. The number of aromatic nitrogens is 2. The molecule has 1 aliphatic rings. The highest BCUT2D eigenvalue weighted by molar-refractivity contribution is 7.15. The van der Waals surface area contributed by atoms with Gasteiger partial charge in [-0.05, 0) is 19.1 Å². The highest BCUT2D eigenvalue weighted by Crippen LogP contribution is 2.23. The zero-order valence-electron chi connectivity index (χ0n) is 12.2. The third-order valence-electron chi connectivity index (χ3n) is 3.52. The number of pyridine rings is 1. The molecule has 6 nitrogen and oxygen atoms in total. The number of likely N-dealkylation sites (tertiary alicyclic amines) is 1. The van der Waals surface area contributed by atoms with E-state index in [-0.39, 0.29) is 24.2 Å². The molecule has 1 fully saturated rings. The van der Waals surface area contributed by atoms with Gasteiger partial charge in [-0.3, -0.25) is 14.6 Å². The largest absolute Gasteiger partial charge is 0.336 e. The second-order valence-electron chi connectivity index (χ2n) is 5.26. The van der Waals surface area contributed by atoms with Gasteiger partial charge in [0.2, 0.25) is 11.8 Å². The minimum atomic E-state index is -0.333. The van der Waals surface area contributed by atoms with E-state index in [1.54, 1.807) is 17.3 Å². The predicted molar refractivity (Wildman–Crippen MR) is 83.2 cm³/mol. The smallest absolute Gasteiger partial charge is 0.231 e. The summed E-state index contributed by atoms with van der Waals surface area (Å²) < 4.78 is 0. The van der Waals surface area contributed by atoms with Crippen LogP contribution in [0.2, 0.25) is 0 Å². The first kappa shape index (κ1) is 14.6. The first-order chi connectivity index (χ1) is 10.6. The summed E-state index contributed by atoms with van der Waals surface area (Å²) in [5.41, 5.74) is 0.826. The van der Waals surface area contributed by atoms with Crippen molar-refractivity contribution in [3.63, 3.8) is 0 Å². The van der Waals surface area contributed by atoms with Gasteiger partial charge in [-0.1, -0.05) is 6.07 Å². The van der Waals surface area contributed by atoms with E-state index >= 15 is 0 Å². The van der Waals surface area contributed by atoms with Crippen molar-refractivity contribution in [1.82, 2.24) is 14.9 Å². The normalized spacial score (nSPS) is 17.8. The number of hydrogen-bond donors (Lipinski definition) is 1. The van der Waals surface area contributed by atoms with Crippen molar-refractivity contribution in [3.8, 4) is 0 Å². The van der Waals surface area contributed by atoms with E-state index in [2.05, 4.69) is 15.3 Å². The van der Waals surface area contributed by atoms with E-state index < -0.39 is 0 Å². The number of hydrogen-bond acceptors (Lipinski definition) is 5. The maximum absolute atomic E-state index is 12.2. The molecule has 2 amide bonds. The van der Waals surface area contributed by atoms with Crippen LogP contribution in [0.1, 0.15) is 17.0 Å². The topological polar surface area (TPSA) is 75.2 Å². The molecule has 114 valence electrons. The van der Waals surface area contributed by atoms with E-state index in [9.17, 15) is 9.59 Å². The molecule has 0 radical (unpaired) electrons. The van der Waals surface area contributed by atoms with Crippen molar-refractivity contribution in [3.05, 3.63) is 41.2 Å². The monoisotopic (exact) mass is 316 g/mol. The van der Waals surface area contributed by atoms with E-state index in [1.165, 1.54) is 11.3 Å². The Kier molecular flexibility index (Phi) is 4.15. The number of aryl methyl sites for hydroxylation is 1. The number of nitrogens with one attached hydrogen (secondary N) is 1. The summed E-state index contributed by atoms with van der Waals surface area (Å²) in [6.07, 6.45) is 3.65. The van der Waals surface area contributed by atoms with Crippen molar-refractivity contribution >= 4 is 28.3 Å². The van der Waals surface area contributed by atoms with Crippen LogP contribution in [0.3, 0.4) is 0 Å². The number of nitrogens with zero attached hydrogens (tertiary/aromatic N) is 3. The molecule has 3 rings (SSSR count). The molecule has 0 saturated carbocycles. The quantitative estimate of drug-likeness (QED) is 0.934. The van der Waals surface area contributed by atoms with Gasteiger partial charge < -0.3 is 10.2 Å². The summed E-state index contributed by atoms with van der Waals surface area (Å²) in [5, 5.41) is 3.37. The van der Waals surface area contributed by atoms with E-state index in [0.29, 0.717) is 18.2 Å². The zero-order chi connectivity index (χ0) is 15.5. The average Bonchev–Trinajstić information content (AvgIpc) is 3.07. The third kappa shape index (κ3) is 3.30. The Morgan fingerprint density at radius 1 is 1.45 bits per heavy atom. The van der Waals surface area contributed by atoms with Crippen LogP contribution in [0.15, 0.2) is 30.6 Å². The Balaban J connectivity index is 1.60. The fraction of sp³-hybridized carbons (Fsp3) is 0.333. The molecule has 0 bridgehead atoms. The van der Waals surface area contributed by atoms with Crippen molar-refractivity contribution in [2.75, 3.05) is 11.9 Å². The van der Waals surface area contributed by atoms with Crippen LogP contribution >= 0.6 is 11.3 Å². The summed E-state index contributed by atoms with van der Waals surface area (Å²) in [5.74, 6) is -0.493. The number of carbonyl (C=O) groups excluding carboxylic acids is 2. The van der Waals surface area contributed by atoms with Gasteiger partial charge in [0.05, 0.1) is 18.2 Å². The third-order valence-corrected chi connectivity index (χ3v) is 4.34. The molecule has 1 N–H and O–H groups in total. The highest BCUT2D eigenvalue weighted by atomic mass is 32.1. The Hall–Kier alpha value is -2.28. The van der Waals surface area contributed by atoms with Gasteiger partial charge in [-0.15, -0.1) is 11.3 Å². The Morgan fingerprint density at radius 2 is 2.32 bits per heavy atom. The minimum absolute atomic E-state index is 0.0128. The van der Waals surface area contributed by atoms with Crippen LogP contribution in [0.4, 0.5) is 5.13 Å². The van der Waals surface area contributed by atoms with Crippen LogP contribution in [-0.4, -0.2) is 33.2 Å². The van der Waals surface area contributed by atoms with Crippen molar-refractivity contribution in [2.24, 2.45) is 5.92 Å². The number of rotatable bonds is 4. The van der Waals surface area contributed by atoms with Crippen molar-refractivity contribution < 1.29 is 9.59 Å². The van der Waals surface area contributed by atoms with Crippen molar-refractivity contribution in [2.45, 2.75) is 19.9 Å². The lowest BCUT2D eigenvalue weighted by Crippen LogP contribution is -2.28. The van der Waals surface area contributed by atoms with Gasteiger partial charge >= 0.3 is 0 Å². The average molecular weight is 316 g/mol. The molecule has 7 heteroatoms. The standard InChI is InChI=1S/C15H16N4O2S/c1-10-7-17-15(22-10)18-14(21)11-6-13(20)19(8-11)9-12-4-2-3-5-16-12/h2-5,7,11H,6,8-9H2,1H3,(H,17,18,21)/t11-/m1/s1.